The minimum atomic E-state index is 0.101. The maximum Gasteiger partial charge on any atom is 0.203 e. The maximum absolute atomic E-state index is 12.5. The van der Waals surface area contributed by atoms with E-state index in [-0.39, 0.29) is 5.78 Å². The van der Waals surface area contributed by atoms with Crippen molar-refractivity contribution in [2.45, 2.75) is 12.8 Å². The monoisotopic (exact) mass is 328 g/mol. The van der Waals surface area contributed by atoms with E-state index >= 15 is 0 Å². The Morgan fingerprint density at radius 1 is 0.750 bits per heavy atom. The zero-order chi connectivity index (χ0) is 17.3. The van der Waals surface area contributed by atoms with Gasteiger partial charge in [-0.3, -0.25) is 4.79 Å². The van der Waals surface area contributed by atoms with Crippen molar-refractivity contribution in [1.29, 1.82) is 0 Å². The average molecular weight is 328 g/mol. The van der Waals surface area contributed by atoms with Crippen molar-refractivity contribution in [3.63, 3.8) is 0 Å². The molecule has 0 bridgehead atoms. The van der Waals surface area contributed by atoms with Crippen molar-refractivity contribution < 1.29 is 23.7 Å². The number of carbonyl (C=O) groups is 1. The summed E-state index contributed by atoms with van der Waals surface area (Å²) in [7, 11) is 6.36. The minimum absolute atomic E-state index is 0.101. The van der Waals surface area contributed by atoms with E-state index in [1.807, 2.05) is 18.2 Å². The van der Waals surface area contributed by atoms with Gasteiger partial charge in [0.15, 0.2) is 17.3 Å². The van der Waals surface area contributed by atoms with Crippen LogP contribution in [0.1, 0.15) is 22.3 Å². The fourth-order valence-electron chi connectivity index (χ4n) is 3.19. The van der Waals surface area contributed by atoms with Crippen molar-refractivity contribution in [1.82, 2.24) is 0 Å². The molecule has 24 heavy (non-hydrogen) atoms. The zero-order valence-corrected chi connectivity index (χ0v) is 14.3. The van der Waals surface area contributed by atoms with Gasteiger partial charge < -0.3 is 18.9 Å². The minimum Gasteiger partial charge on any atom is -0.497 e. The first-order chi connectivity index (χ1) is 11.6. The molecule has 5 heteroatoms. The number of hydrogen-bond donors (Lipinski definition) is 0. The van der Waals surface area contributed by atoms with E-state index in [4.69, 9.17) is 18.9 Å². The number of hydrogen-bond acceptors (Lipinski definition) is 5. The summed E-state index contributed by atoms with van der Waals surface area (Å²) in [5.41, 5.74) is 3.36. The van der Waals surface area contributed by atoms with E-state index in [0.29, 0.717) is 41.4 Å². The van der Waals surface area contributed by atoms with E-state index in [1.54, 1.807) is 34.5 Å². The Kier molecular flexibility index (Phi) is 4.34. The second-order valence-corrected chi connectivity index (χ2v) is 5.51. The zero-order valence-electron chi connectivity index (χ0n) is 14.3. The molecule has 0 N–H and O–H groups in total. The molecule has 0 heterocycles. The number of benzene rings is 2. The molecule has 126 valence electrons. The first-order valence-corrected chi connectivity index (χ1v) is 7.68. The van der Waals surface area contributed by atoms with Gasteiger partial charge in [-0.15, -0.1) is 0 Å². The van der Waals surface area contributed by atoms with Crippen molar-refractivity contribution in [2.24, 2.45) is 0 Å². The molecule has 0 aromatic heterocycles. The van der Waals surface area contributed by atoms with E-state index in [0.717, 1.165) is 16.7 Å². The fourth-order valence-corrected chi connectivity index (χ4v) is 3.19. The number of carbonyl (C=O) groups excluding carboxylic acids is 1. The third-order valence-corrected chi connectivity index (χ3v) is 4.35. The highest BCUT2D eigenvalue weighted by Crippen LogP contribution is 2.48. The highest BCUT2D eigenvalue weighted by molar-refractivity contribution is 6.04. The number of Topliss-reactive ketones (excluding diaryl/α,β-unsaturated/α-hetero) is 1. The van der Waals surface area contributed by atoms with Crippen molar-refractivity contribution in [2.75, 3.05) is 28.4 Å². The molecular weight excluding hydrogens is 308 g/mol. The van der Waals surface area contributed by atoms with Crippen LogP contribution in [0.4, 0.5) is 0 Å². The van der Waals surface area contributed by atoms with Crippen LogP contribution in [0.15, 0.2) is 24.3 Å². The second-order valence-electron chi connectivity index (χ2n) is 5.51. The fraction of sp³-hybridized carbons (Fsp3) is 0.316. The Hall–Kier alpha value is -2.69. The first-order valence-electron chi connectivity index (χ1n) is 7.68. The van der Waals surface area contributed by atoms with Crippen LogP contribution in [-0.4, -0.2) is 34.2 Å². The van der Waals surface area contributed by atoms with E-state index in [9.17, 15) is 4.79 Å². The molecule has 0 radical (unpaired) electrons. The van der Waals surface area contributed by atoms with Gasteiger partial charge in [0.1, 0.15) is 5.75 Å². The Labute approximate surface area is 141 Å². The Morgan fingerprint density at radius 2 is 1.50 bits per heavy atom. The van der Waals surface area contributed by atoms with Gasteiger partial charge >= 0.3 is 0 Å². The number of ether oxygens (including phenoxy) is 4. The first kappa shape index (κ1) is 16.2. The van der Waals surface area contributed by atoms with Gasteiger partial charge in [-0.1, -0.05) is 0 Å². The molecular formula is C19H20O5. The van der Waals surface area contributed by atoms with E-state index in [2.05, 4.69) is 0 Å². The van der Waals surface area contributed by atoms with Gasteiger partial charge in [0.2, 0.25) is 5.75 Å². The molecule has 5 nitrogen and oxygen atoms in total. The lowest BCUT2D eigenvalue weighted by atomic mass is 9.94. The van der Waals surface area contributed by atoms with Gasteiger partial charge in [-0.25, -0.2) is 0 Å². The molecule has 1 aliphatic rings. The van der Waals surface area contributed by atoms with Crippen molar-refractivity contribution in [3.8, 4) is 34.1 Å². The summed E-state index contributed by atoms with van der Waals surface area (Å²) in [5, 5.41) is 0. The molecule has 3 rings (SSSR count). The normalized spacial score (nSPS) is 12.8. The summed E-state index contributed by atoms with van der Waals surface area (Å²) < 4.78 is 21.9. The Balaban J connectivity index is 2.36. The van der Waals surface area contributed by atoms with Crippen LogP contribution < -0.4 is 18.9 Å². The summed E-state index contributed by atoms with van der Waals surface area (Å²) in [6.07, 6.45) is 0.993. The summed E-state index contributed by atoms with van der Waals surface area (Å²) in [6.45, 7) is 0. The molecule has 0 saturated carbocycles. The lowest BCUT2D eigenvalue weighted by Crippen LogP contribution is -2.01. The summed E-state index contributed by atoms with van der Waals surface area (Å²) >= 11 is 0. The highest BCUT2D eigenvalue weighted by atomic mass is 16.5. The van der Waals surface area contributed by atoms with Crippen molar-refractivity contribution >= 4 is 5.78 Å². The van der Waals surface area contributed by atoms with Gasteiger partial charge in [0, 0.05) is 17.5 Å². The standard InChI is InChI=1S/C19H20O5/c1-21-11-5-6-12-14(9-11)15-10-17(22-2)19(24-4)18(23-3)13(15)7-8-16(12)20/h5-6,9-10H,7-8H2,1-4H3. The summed E-state index contributed by atoms with van der Waals surface area (Å²) in [4.78, 5) is 12.5. The van der Waals surface area contributed by atoms with Crippen LogP contribution >= 0.6 is 0 Å². The van der Waals surface area contributed by atoms with Crippen LogP contribution in [0.3, 0.4) is 0 Å². The molecule has 0 amide bonds. The predicted molar refractivity (Wildman–Crippen MR) is 90.7 cm³/mol. The molecule has 0 atom stereocenters. The Morgan fingerprint density at radius 3 is 2.12 bits per heavy atom. The van der Waals surface area contributed by atoms with Gasteiger partial charge in [0.25, 0.3) is 0 Å². The lowest BCUT2D eigenvalue weighted by molar-refractivity contribution is 0.0984. The maximum atomic E-state index is 12.5. The molecule has 2 aromatic carbocycles. The molecule has 0 aliphatic heterocycles. The van der Waals surface area contributed by atoms with Gasteiger partial charge in [0.05, 0.1) is 28.4 Å². The van der Waals surface area contributed by atoms with Crippen LogP contribution in [0.25, 0.3) is 11.1 Å². The van der Waals surface area contributed by atoms with Crippen LogP contribution in [0.5, 0.6) is 23.0 Å². The summed E-state index contributed by atoms with van der Waals surface area (Å²) in [5.74, 6) is 2.51. The third-order valence-electron chi connectivity index (χ3n) is 4.35. The lowest BCUT2D eigenvalue weighted by Gasteiger charge is -2.19. The number of fused-ring (bicyclic) bond motifs is 3. The van der Waals surface area contributed by atoms with E-state index in [1.165, 1.54) is 0 Å². The SMILES string of the molecule is COc1ccc2c(c1)-c1cc(OC)c(OC)c(OC)c1CCC2=O. The number of ketones is 1. The number of methoxy groups -OCH3 is 4. The Bertz CT molecular complexity index is 795. The molecule has 0 saturated heterocycles. The molecule has 2 aromatic rings. The van der Waals surface area contributed by atoms with Crippen LogP contribution in [-0.2, 0) is 6.42 Å². The molecule has 0 spiro atoms. The predicted octanol–water partition coefficient (Wildman–Crippen LogP) is 3.52. The average Bonchev–Trinajstić information content (AvgIpc) is 2.76. The third kappa shape index (κ3) is 2.46. The number of rotatable bonds is 4. The van der Waals surface area contributed by atoms with Crippen LogP contribution in [0, 0.1) is 0 Å². The quantitative estimate of drug-likeness (QED) is 0.859. The van der Waals surface area contributed by atoms with Gasteiger partial charge in [-0.2, -0.15) is 0 Å². The summed E-state index contributed by atoms with van der Waals surface area (Å²) in [6, 6.07) is 7.39. The smallest absolute Gasteiger partial charge is 0.203 e. The van der Waals surface area contributed by atoms with Crippen molar-refractivity contribution in [3.05, 3.63) is 35.4 Å². The second kappa shape index (κ2) is 6.43. The van der Waals surface area contributed by atoms with Gasteiger partial charge in [-0.05, 0) is 41.8 Å². The van der Waals surface area contributed by atoms with E-state index < -0.39 is 0 Å². The molecule has 0 unspecified atom stereocenters. The highest BCUT2D eigenvalue weighted by Gasteiger charge is 2.27. The topological polar surface area (TPSA) is 54.0 Å². The largest absolute Gasteiger partial charge is 0.497 e. The van der Waals surface area contributed by atoms with Crippen LogP contribution in [0.2, 0.25) is 0 Å². The molecule has 1 aliphatic carbocycles. The molecule has 0 fully saturated rings.